The molecule has 1 heterocycles. The van der Waals surface area contributed by atoms with Gasteiger partial charge >= 0.3 is 12.2 Å². The minimum atomic E-state index is -4.53. The average Bonchev–Trinajstić information content (AvgIpc) is 2.93. The van der Waals surface area contributed by atoms with Crippen LogP contribution in [-0.2, 0) is 15.9 Å². The summed E-state index contributed by atoms with van der Waals surface area (Å²) in [6.07, 6.45) is -2.94. The van der Waals surface area contributed by atoms with E-state index in [0.29, 0.717) is 33.2 Å². The Labute approximate surface area is 240 Å². The van der Waals surface area contributed by atoms with E-state index < -0.39 is 27.5 Å². The Balaban J connectivity index is 1.50. The Hall–Kier alpha value is -4.66. The fraction of sp³-hybridized carbons (Fsp3) is 0.143. The molecule has 2 atom stereocenters. The number of hydrogen-bond donors (Lipinski definition) is 6. The van der Waals surface area contributed by atoms with Crippen LogP contribution in [0.2, 0.25) is 0 Å². The van der Waals surface area contributed by atoms with Crippen molar-refractivity contribution in [2.75, 3.05) is 27.9 Å². The Bertz CT molecular complexity index is 1660. The fourth-order valence-electron chi connectivity index (χ4n) is 3.74. The minimum absolute atomic E-state index is 0.00386. The molecule has 0 spiro atoms. The molecule has 1 unspecified atom stereocenters. The van der Waals surface area contributed by atoms with Crippen LogP contribution in [-0.4, -0.2) is 43.8 Å². The van der Waals surface area contributed by atoms with Crippen LogP contribution in [0.3, 0.4) is 0 Å². The van der Waals surface area contributed by atoms with Crippen LogP contribution in [0, 0.1) is 0 Å². The van der Waals surface area contributed by atoms with E-state index in [0.717, 1.165) is 12.1 Å². The zero-order valence-electron chi connectivity index (χ0n) is 22.3. The van der Waals surface area contributed by atoms with Crippen molar-refractivity contribution in [3.8, 4) is 11.1 Å². The Morgan fingerprint density at radius 2 is 1.67 bits per heavy atom. The number of aliphatic hydroxyl groups excluding tert-OH is 1. The van der Waals surface area contributed by atoms with Crippen LogP contribution < -0.4 is 26.4 Å². The van der Waals surface area contributed by atoms with Gasteiger partial charge in [0.15, 0.2) is 0 Å². The zero-order chi connectivity index (χ0) is 30.5. The molecule has 0 saturated carbocycles. The van der Waals surface area contributed by atoms with Gasteiger partial charge in [-0.1, -0.05) is 18.2 Å². The molecule has 14 heteroatoms. The van der Waals surface area contributed by atoms with Crippen molar-refractivity contribution in [2.24, 2.45) is 5.14 Å². The van der Waals surface area contributed by atoms with Crippen molar-refractivity contribution in [1.82, 2.24) is 9.97 Å². The van der Waals surface area contributed by atoms with Crippen molar-refractivity contribution in [2.45, 2.75) is 24.0 Å². The highest BCUT2D eigenvalue weighted by Crippen LogP contribution is 2.31. The van der Waals surface area contributed by atoms with Crippen molar-refractivity contribution in [1.29, 1.82) is 0 Å². The van der Waals surface area contributed by atoms with Crippen molar-refractivity contribution >= 4 is 50.4 Å². The maximum Gasteiger partial charge on any atom is 0.416 e. The molecule has 0 fully saturated rings. The summed E-state index contributed by atoms with van der Waals surface area (Å²) in [7, 11) is -2.84. The van der Waals surface area contributed by atoms with E-state index in [9.17, 15) is 27.3 Å². The number of benzene rings is 3. The highest BCUT2D eigenvalue weighted by molar-refractivity contribution is 7.98. The molecule has 0 aliphatic rings. The monoisotopic (exact) mass is 599 g/mol. The molecule has 0 aliphatic carbocycles. The lowest BCUT2D eigenvalue weighted by Gasteiger charge is -2.17. The first-order chi connectivity index (χ1) is 19.8. The number of anilines is 5. The highest BCUT2D eigenvalue weighted by Gasteiger charge is 2.30. The van der Waals surface area contributed by atoms with Crippen LogP contribution in [0.15, 0.2) is 83.9 Å². The van der Waals surface area contributed by atoms with Gasteiger partial charge < -0.3 is 26.4 Å². The molecule has 220 valence electrons. The smallest absolute Gasteiger partial charge is 0.394 e. The number of halogens is 3. The quantitative estimate of drug-likeness (QED) is 0.143. The number of hydrogen-bond acceptors (Lipinski definition) is 7. The predicted molar refractivity (Wildman–Crippen MR) is 159 cm³/mol. The lowest BCUT2D eigenvalue weighted by Crippen LogP contribution is -2.21. The average molecular weight is 600 g/mol. The molecule has 0 radical (unpaired) electrons. The molecule has 0 bridgehead atoms. The molecule has 7 N–H and O–H groups in total. The second-order valence-electron chi connectivity index (χ2n) is 9.29. The molecule has 2 amide bonds. The van der Waals surface area contributed by atoms with Gasteiger partial charge in [-0.2, -0.15) is 18.2 Å². The first-order valence-corrected chi connectivity index (χ1v) is 14.2. The third-order valence-corrected chi connectivity index (χ3v) is 6.93. The number of nitrogens with one attached hydrogen (secondary N) is 4. The number of nitrogens with zero attached hydrogens (tertiary/aromatic N) is 2. The number of rotatable bonds is 9. The molecule has 0 aliphatic heterocycles. The van der Waals surface area contributed by atoms with Gasteiger partial charge in [0.1, 0.15) is 5.82 Å². The number of aromatic nitrogens is 2. The standard InChI is InChI=1S/C28H28F3N7O3S/c1-17(16-39)34-25-24(15-33-26(38-25)35-20-10-12-23(13-11-20)42(2,32)41)18-6-8-21(9-7-18)36-27(40)37-22-5-3-4-19(14-22)28(29,30)31/h3-15,17,39H,2,16H2,1H3,(H2,32,41)(H2,36,37,40)(H2,33,34,35,38)/t17-,42?/m1/s1. The van der Waals surface area contributed by atoms with Crippen LogP contribution in [0.1, 0.15) is 12.5 Å². The minimum Gasteiger partial charge on any atom is -0.394 e. The van der Waals surface area contributed by atoms with Crippen LogP contribution in [0.4, 0.5) is 46.8 Å². The third kappa shape index (κ3) is 7.96. The van der Waals surface area contributed by atoms with Gasteiger partial charge in [-0.15, -0.1) is 0 Å². The number of amides is 2. The molecule has 1 aromatic heterocycles. The van der Waals surface area contributed by atoms with Crippen molar-refractivity contribution in [3.05, 3.63) is 84.6 Å². The third-order valence-electron chi connectivity index (χ3n) is 5.86. The normalized spacial score (nSPS) is 13.5. The van der Waals surface area contributed by atoms with Crippen LogP contribution >= 0.6 is 0 Å². The van der Waals surface area contributed by atoms with Gasteiger partial charge in [-0.25, -0.2) is 14.0 Å². The molecule has 4 rings (SSSR count). The van der Waals surface area contributed by atoms with E-state index in [4.69, 9.17) is 5.14 Å². The molecule has 3 aromatic carbocycles. The molecule has 10 nitrogen and oxygen atoms in total. The molecular formula is C28H28F3N7O3S. The van der Waals surface area contributed by atoms with Crippen molar-refractivity contribution in [3.63, 3.8) is 0 Å². The van der Waals surface area contributed by atoms with Crippen molar-refractivity contribution < 1.29 is 27.3 Å². The fourth-order valence-corrected chi connectivity index (χ4v) is 4.34. The van der Waals surface area contributed by atoms with E-state index in [1.807, 2.05) is 0 Å². The number of alkyl halides is 3. The summed E-state index contributed by atoms with van der Waals surface area (Å²) in [4.78, 5) is 21.7. The van der Waals surface area contributed by atoms with E-state index in [1.54, 1.807) is 61.7 Å². The Kier molecular flexibility index (Phi) is 8.99. The van der Waals surface area contributed by atoms with Gasteiger partial charge in [0, 0.05) is 39.8 Å². The van der Waals surface area contributed by atoms with Crippen LogP contribution in [0.5, 0.6) is 0 Å². The molecule has 42 heavy (non-hydrogen) atoms. The number of nitrogens with two attached hydrogens (primary N) is 1. The summed E-state index contributed by atoms with van der Waals surface area (Å²) >= 11 is 0. The van der Waals surface area contributed by atoms with Gasteiger partial charge in [0.2, 0.25) is 5.95 Å². The first-order valence-electron chi connectivity index (χ1n) is 12.4. The Morgan fingerprint density at radius 1 is 1.02 bits per heavy atom. The van der Waals surface area contributed by atoms with Crippen LogP contribution in [0.25, 0.3) is 11.1 Å². The van der Waals surface area contributed by atoms with Gasteiger partial charge in [0.05, 0.1) is 21.9 Å². The molecular weight excluding hydrogens is 571 g/mol. The van der Waals surface area contributed by atoms with E-state index in [2.05, 4.69) is 37.1 Å². The lowest BCUT2D eigenvalue weighted by molar-refractivity contribution is -0.137. The van der Waals surface area contributed by atoms with E-state index in [-0.39, 0.29) is 24.3 Å². The SMILES string of the molecule is C=S(N)(=O)c1ccc(Nc2ncc(-c3ccc(NC(=O)Nc4cccc(C(F)(F)F)c4)cc3)c(N[C@H](C)CO)n2)cc1. The zero-order valence-corrected chi connectivity index (χ0v) is 23.1. The summed E-state index contributed by atoms with van der Waals surface area (Å²) < 4.78 is 50.8. The number of aliphatic hydroxyl groups is 1. The van der Waals surface area contributed by atoms with Gasteiger partial charge in [-0.3, -0.25) is 5.14 Å². The predicted octanol–water partition coefficient (Wildman–Crippen LogP) is 5.29. The second kappa shape index (κ2) is 12.5. The topological polar surface area (TPSA) is 154 Å². The summed E-state index contributed by atoms with van der Waals surface area (Å²) in [5.74, 6) is 4.14. The number of carbonyl (C=O) groups excluding carboxylic acids is 1. The largest absolute Gasteiger partial charge is 0.416 e. The molecule has 0 saturated heterocycles. The number of urea groups is 1. The van der Waals surface area contributed by atoms with E-state index >= 15 is 0 Å². The first kappa shape index (κ1) is 30.3. The molecule has 4 aromatic rings. The second-order valence-corrected chi connectivity index (χ2v) is 11.2. The highest BCUT2D eigenvalue weighted by atomic mass is 32.2. The maximum atomic E-state index is 12.9. The summed E-state index contributed by atoms with van der Waals surface area (Å²) in [6, 6.07) is 16.5. The van der Waals surface area contributed by atoms with Gasteiger partial charge in [-0.05, 0) is 73.0 Å². The van der Waals surface area contributed by atoms with E-state index in [1.165, 1.54) is 12.1 Å². The summed E-state index contributed by atoms with van der Waals surface area (Å²) in [5.41, 5.74) is 1.44. The summed E-state index contributed by atoms with van der Waals surface area (Å²) in [5, 5.41) is 26.3. The maximum absolute atomic E-state index is 12.9. The summed E-state index contributed by atoms with van der Waals surface area (Å²) in [6.45, 7) is 1.62. The lowest BCUT2D eigenvalue weighted by atomic mass is 10.1. The Morgan fingerprint density at radius 3 is 2.29 bits per heavy atom. The number of carbonyl (C=O) groups is 1. The van der Waals surface area contributed by atoms with Gasteiger partial charge in [0.25, 0.3) is 0 Å².